The summed E-state index contributed by atoms with van der Waals surface area (Å²) in [5, 5.41) is 0. The van der Waals surface area contributed by atoms with Gasteiger partial charge in [0.2, 0.25) is 6.79 Å². The second-order valence-corrected chi connectivity index (χ2v) is 6.07. The van der Waals surface area contributed by atoms with E-state index >= 15 is 0 Å². The van der Waals surface area contributed by atoms with Gasteiger partial charge in [-0.15, -0.1) is 0 Å². The number of methoxy groups -OCH3 is 2. The molecular weight excluding hydrogens is 318 g/mol. The quantitative estimate of drug-likeness (QED) is 0.740. The lowest BCUT2D eigenvalue weighted by molar-refractivity contribution is 0.0595. The summed E-state index contributed by atoms with van der Waals surface area (Å²) in [6.45, 7) is -0.105. The molecule has 22 heavy (non-hydrogen) atoms. The van der Waals surface area contributed by atoms with Crippen LogP contribution in [0.4, 0.5) is 4.79 Å². The van der Waals surface area contributed by atoms with E-state index in [1.807, 2.05) is 0 Å². The lowest BCUT2D eigenvalue weighted by atomic mass is 10.2. The van der Waals surface area contributed by atoms with Crippen molar-refractivity contribution in [1.29, 1.82) is 0 Å². The zero-order valence-corrected chi connectivity index (χ0v) is 12.8. The summed E-state index contributed by atoms with van der Waals surface area (Å²) in [5.74, 6) is -0.542. The first-order valence-corrected chi connectivity index (χ1v) is 7.35. The van der Waals surface area contributed by atoms with Crippen molar-refractivity contribution < 1.29 is 37.0 Å². The van der Waals surface area contributed by atoms with E-state index in [1.54, 1.807) is 0 Å². The average molecular weight is 331 g/mol. The van der Waals surface area contributed by atoms with Gasteiger partial charge in [0.15, 0.2) is 11.5 Å². The van der Waals surface area contributed by atoms with Gasteiger partial charge in [-0.1, -0.05) is 0 Å². The van der Waals surface area contributed by atoms with E-state index in [0.29, 0.717) is 4.31 Å². The molecule has 9 nitrogen and oxygen atoms in total. The second-order valence-electron chi connectivity index (χ2n) is 4.14. The van der Waals surface area contributed by atoms with Gasteiger partial charge in [0.05, 0.1) is 19.8 Å². The number of sulfonamides is 1. The van der Waals surface area contributed by atoms with Crippen LogP contribution in [0.3, 0.4) is 0 Å². The van der Waals surface area contributed by atoms with Crippen molar-refractivity contribution in [3.63, 3.8) is 0 Å². The van der Waals surface area contributed by atoms with E-state index in [2.05, 4.69) is 9.47 Å². The highest BCUT2D eigenvalue weighted by molar-refractivity contribution is 7.89. The van der Waals surface area contributed by atoms with Crippen LogP contribution in [0.1, 0.15) is 10.4 Å². The molecule has 0 saturated heterocycles. The van der Waals surface area contributed by atoms with Crippen LogP contribution in [-0.2, 0) is 19.5 Å². The number of carbonyl (C=O) groups excluding carboxylic acids is 2. The van der Waals surface area contributed by atoms with Crippen LogP contribution in [-0.4, -0.2) is 52.8 Å². The molecule has 0 N–H and O–H groups in total. The Kier molecular flexibility index (Phi) is 4.13. The summed E-state index contributed by atoms with van der Waals surface area (Å²) in [7, 11) is -1.19. The van der Waals surface area contributed by atoms with Gasteiger partial charge in [0.25, 0.3) is 10.0 Å². The highest BCUT2D eigenvalue weighted by Crippen LogP contribution is 2.37. The molecule has 1 heterocycles. The highest BCUT2D eigenvalue weighted by Gasteiger charge is 2.33. The summed E-state index contributed by atoms with van der Waals surface area (Å²) in [6, 6.07) is 2.29. The minimum atomic E-state index is -4.34. The van der Waals surface area contributed by atoms with Gasteiger partial charge < -0.3 is 18.9 Å². The third-order valence-corrected chi connectivity index (χ3v) is 4.71. The first-order valence-electron chi connectivity index (χ1n) is 5.91. The molecule has 0 bridgehead atoms. The monoisotopic (exact) mass is 331 g/mol. The fraction of sp³-hybridized carbons (Fsp3) is 0.333. The molecule has 0 aliphatic carbocycles. The third-order valence-electron chi connectivity index (χ3n) is 2.95. The Bertz CT molecular complexity index is 727. The van der Waals surface area contributed by atoms with Crippen molar-refractivity contribution in [2.24, 2.45) is 0 Å². The Morgan fingerprint density at radius 2 is 1.73 bits per heavy atom. The first-order chi connectivity index (χ1) is 10.3. The summed E-state index contributed by atoms with van der Waals surface area (Å²) in [6.07, 6.45) is -1.10. The topological polar surface area (TPSA) is 108 Å². The molecule has 0 spiro atoms. The van der Waals surface area contributed by atoms with Gasteiger partial charge in [0.1, 0.15) is 4.90 Å². The van der Waals surface area contributed by atoms with E-state index < -0.39 is 27.0 Å². The number of ether oxygens (including phenoxy) is 4. The van der Waals surface area contributed by atoms with E-state index in [-0.39, 0.29) is 23.9 Å². The number of hydrogen-bond acceptors (Lipinski definition) is 8. The Labute approximate surface area is 126 Å². The van der Waals surface area contributed by atoms with Crippen LogP contribution in [0.15, 0.2) is 17.0 Å². The lowest BCUT2D eigenvalue weighted by Crippen LogP contribution is -2.34. The van der Waals surface area contributed by atoms with E-state index in [0.717, 1.165) is 27.3 Å². The van der Waals surface area contributed by atoms with Gasteiger partial charge in [-0.2, -0.15) is 0 Å². The number of benzene rings is 1. The lowest BCUT2D eigenvalue weighted by Gasteiger charge is -2.18. The zero-order chi connectivity index (χ0) is 16.5. The molecule has 10 heteroatoms. The van der Waals surface area contributed by atoms with Crippen molar-refractivity contribution in [3.05, 3.63) is 17.7 Å². The van der Waals surface area contributed by atoms with E-state index in [1.165, 1.54) is 6.07 Å². The molecule has 1 aromatic carbocycles. The van der Waals surface area contributed by atoms with E-state index in [9.17, 15) is 18.0 Å². The molecule has 0 saturated carbocycles. The SMILES string of the molecule is COC(=O)c1cc2c(cc1S(=O)(=O)N(C)C(=O)OC)OCO2. The standard InChI is InChI=1S/C12H13NO8S/c1-13(12(15)19-3)22(16,17)10-5-9-8(20-6-21-9)4-7(10)11(14)18-2/h4-5H,6H2,1-3H3. The number of rotatable bonds is 3. The Morgan fingerprint density at radius 1 is 1.14 bits per heavy atom. The summed E-state index contributed by atoms with van der Waals surface area (Å²) < 4.78 is 44.5. The van der Waals surface area contributed by atoms with Crippen molar-refractivity contribution in [3.8, 4) is 11.5 Å². The minimum absolute atomic E-state index is 0.105. The van der Waals surface area contributed by atoms with Gasteiger partial charge in [-0.3, -0.25) is 0 Å². The molecule has 0 unspecified atom stereocenters. The van der Waals surface area contributed by atoms with Crippen molar-refractivity contribution >= 4 is 22.1 Å². The Morgan fingerprint density at radius 3 is 2.27 bits per heavy atom. The third kappa shape index (κ3) is 2.52. The Balaban J connectivity index is 2.63. The van der Waals surface area contributed by atoms with Crippen LogP contribution < -0.4 is 9.47 Å². The van der Waals surface area contributed by atoms with Gasteiger partial charge in [-0.05, 0) is 0 Å². The number of carbonyl (C=O) groups is 2. The summed E-state index contributed by atoms with van der Waals surface area (Å²) in [4.78, 5) is 22.8. The van der Waals surface area contributed by atoms with Crippen molar-refractivity contribution in [2.75, 3.05) is 28.1 Å². The van der Waals surface area contributed by atoms with Gasteiger partial charge in [0, 0.05) is 19.2 Å². The van der Waals surface area contributed by atoms with Crippen LogP contribution in [0.5, 0.6) is 11.5 Å². The molecule has 1 aromatic rings. The molecule has 1 aliphatic heterocycles. The zero-order valence-electron chi connectivity index (χ0n) is 12.0. The van der Waals surface area contributed by atoms with Crippen LogP contribution in [0, 0.1) is 0 Å². The van der Waals surface area contributed by atoms with E-state index in [4.69, 9.17) is 9.47 Å². The smallest absolute Gasteiger partial charge is 0.423 e. The van der Waals surface area contributed by atoms with Crippen molar-refractivity contribution in [2.45, 2.75) is 4.90 Å². The largest absolute Gasteiger partial charge is 0.465 e. The average Bonchev–Trinajstić information content (AvgIpc) is 2.98. The first kappa shape index (κ1) is 15.9. The maximum Gasteiger partial charge on any atom is 0.423 e. The van der Waals surface area contributed by atoms with Crippen LogP contribution in [0.2, 0.25) is 0 Å². The van der Waals surface area contributed by atoms with Gasteiger partial charge in [-0.25, -0.2) is 22.3 Å². The number of fused-ring (bicyclic) bond motifs is 1. The van der Waals surface area contributed by atoms with Gasteiger partial charge >= 0.3 is 12.1 Å². The fourth-order valence-electron chi connectivity index (χ4n) is 1.78. The summed E-state index contributed by atoms with van der Waals surface area (Å²) >= 11 is 0. The minimum Gasteiger partial charge on any atom is -0.465 e. The maximum absolute atomic E-state index is 12.5. The molecule has 0 aromatic heterocycles. The maximum atomic E-state index is 12.5. The molecule has 1 aliphatic rings. The molecule has 0 atom stereocenters. The fourth-order valence-corrected chi connectivity index (χ4v) is 3.02. The van der Waals surface area contributed by atoms with Crippen LogP contribution >= 0.6 is 0 Å². The highest BCUT2D eigenvalue weighted by atomic mass is 32.2. The number of amides is 1. The molecule has 0 radical (unpaired) electrons. The normalized spacial score (nSPS) is 12.7. The number of hydrogen-bond donors (Lipinski definition) is 0. The van der Waals surface area contributed by atoms with Crippen molar-refractivity contribution in [1.82, 2.24) is 4.31 Å². The molecule has 1 amide bonds. The Hall–Kier alpha value is -2.49. The predicted molar refractivity (Wildman–Crippen MR) is 71.3 cm³/mol. The molecule has 120 valence electrons. The molecular formula is C12H13NO8S. The summed E-state index contributed by atoms with van der Waals surface area (Å²) in [5.41, 5.74) is -0.275. The second kappa shape index (κ2) is 5.72. The van der Waals surface area contributed by atoms with Crippen LogP contribution in [0.25, 0.3) is 0 Å². The molecule has 2 rings (SSSR count). The molecule has 0 fully saturated rings. The predicted octanol–water partition coefficient (Wildman–Crippen LogP) is 0.589. The number of nitrogens with zero attached hydrogens (tertiary/aromatic N) is 1. The number of esters is 1.